The molecule has 0 N–H and O–H groups in total. The molecule has 0 saturated carbocycles. The van der Waals surface area contributed by atoms with Crippen molar-refractivity contribution in [3.05, 3.63) is 94.4 Å². The van der Waals surface area contributed by atoms with Crippen molar-refractivity contribution in [1.82, 2.24) is 44.9 Å². The monoisotopic (exact) mass is 585 g/mol. The minimum atomic E-state index is -1.08. The van der Waals surface area contributed by atoms with Crippen LogP contribution in [0.4, 0.5) is 0 Å². The van der Waals surface area contributed by atoms with Gasteiger partial charge in [0, 0.05) is 0 Å². The van der Waals surface area contributed by atoms with E-state index in [-0.39, 0.29) is 266 Å². The summed E-state index contributed by atoms with van der Waals surface area (Å²) in [6, 6.07) is 0. The van der Waals surface area contributed by atoms with Gasteiger partial charge in [0.1, 0.15) is 0 Å². The Morgan fingerprint density at radius 2 is 0.250 bits per heavy atom. The normalized spacial score (nSPS) is 7.00. The maximum atomic E-state index is 10.0. The molecule has 0 aliphatic rings. The van der Waals surface area contributed by atoms with Gasteiger partial charge in [-0.05, 0) is 51.2 Å². The Morgan fingerprint density at radius 3 is 0.306 bits per heavy atom. The Balaban J connectivity index is -0.0000000386. The van der Waals surface area contributed by atoms with Crippen LogP contribution >= 0.6 is 0 Å². The van der Waals surface area contributed by atoms with Gasteiger partial charge >= 0.3 is 266 Å². The molecule has 18 nitrogen and oxygen atoms in total. The molecular weight excluding hydrogens is 585 g/mol. The fourth-order valence-corrected chi connectivity index (χ4v) is 0.961. The molecule has 3 rings (SSSR count). The first-order chi connectivity index (χ1) is 12.5. The molecule has 0 radical (unpaired) electrons. The van der Waals surface area contributed by atoms with Crippen LogP contribution in [0, 0.1) is 0 Å². The third-order valence-electron chi connectivity index (χ3n) is 1.72. The minimum absolute atomic E-state index is 0. The van der Waals surface area contributed by atoms with Crippen LogP contribution in [0.25, 0.3) is 0 Å². The van der Waals surface area contributed by atoms with E-state index in [9.17, 15) is 43.2 Å². The molecule has 3 aromatic heterocycles. The van der Waals surface area contributed by atoms with E-state index in [0.29, 0.717) is 0 Å². The molecule has 0 unspecified atom stereocenters. The fourth-order valence-electron chi connectivity index (χ4n) is 0.961. The van der Waals surface area contributed by atoms with Crippen molar-refractivity contribution in [2.75, 3.05) is 0 Å². The molecule has 0 bridgehead atoms. The number of rotatable bonds is 0. The summed E-state index contributed by atoms with van der Waals surface area (Å²) in [7, 11) is 0. The van der Waals surface area contributed by atoms with E-state index in [0.717, 1.165) is 0 Å². The molecule has 144 valence electrons. The maximum Gasteiger partial charge on any atom is 1.00 e. The van der Waals surface area contributed by atoms with Crippen LogP contribution in [0.1, 0.15) is 0 Å². The summed E-state index contributed by atoms with van der Waals surface area (Å²) in [5.74, 6) is 0. The molecule has 0 atom stereocenters. The molecular formula is C9N9Na9O9. The minimum Gasteiger partial charge on any atom is -0.628 e. The number of nitrogens with zero attached hydrogens (tertiary/aromatic N) is 9. The number of hydrogen-bond donors (Lipinski definition) is 0. The predicted molar refractivity (Wildman–Crippen MR) is 75.6 cm³/mol. The fraction of sp³-hybridized carbons (Fsp3) is 0. The summed E-state index contributed by atoms with van der Waals surface area (Å²) < 4.78 is 0. The molecule has 0 fully saturated rings. The van der Waals surface area contributed by atoms with Gasteiger partial charge in [-0.15, -0.1) is 0 Å². The molecule has 0 saturated heterocycles. The largest absolute Gasteiger partial charge is 1.00 e. The molecule has 3 heterocycles. The zero-order valence-electron chi connectivity index (χ0n) is 21.2. The maximum absolute atomic E-state index is 10.0. The van der Waals surface area contributed by atoms with Crippen molar-refractivity contribution in [3.63, 3.8) is 0 Å². The Kier molecular flexibility index (Phi) is 62.5. The van der Waals surface area contributed by atoms with E-state index in [2.05, 4.69) is 44.9 Å². The SMILES string of the molecule is O=c1[n-]c(=O)[n-]c(=O)[n-]1.O=c1[n-]c(=O)[n-]c(=O)[n-]1.O=c1[n-]c(=O)[n-]c(=O)[n-]1.[Na+].[Na+].[Na+].[Na+].[Na+].[Na+].[Na+].[Na+].[Na+]. The van der Waals surface area contributed by atoms with Crippen LogP contribution in [0.2, 0.25) is 0 Å². The average Bonchev–Trinajstić information content (AvgIpc) is 2.43. The molecule has 0 aromatic carbocycles. The Labute approximate surface area is 396 Å². The van der Waals surface area contributed by atoms with Crippen molar-refractivity contribution < 1.29 is 266 Å². The van der Waals surface area contributed by atoms with Gasteiger partial charge in [-0.3, -0.25) is 0 Å². The van der Waals surface area contributed by atoms with Crippen molar-refractivity contribution in [3.8, 4) is 0 Å². The first-order valence-corrected chi connectivity index (χ1v) is 5.86. The van der Waals surface area contributed by atoms with E-state index in [4.69, 9.17) is 0 Å². The van der Waals surface area contributed by atoms with Crippen molar-refractivity contribution >= 4 is 0 Å². The van der Waals surface area contributed by atoms with Crippen molar-refractivity contribution in [2.45, 2.75) is 0 Å². The summed E-state index contributed by atoms with van der Waals surface area (Å²) in [5, 5.41) is 0. The zero-order valence-corrected chi connectivity index (χ0v) is 39.2. The molecule has 0 aliphatic heterocycles. The van der Waals surface area contributed by atoms with Gasteiger partial charge < -0.3 is 88.0 Å². The second-order valence-corrected chi connectivity index (χ2v) is 3.55. The molecule has 0 spiro atoms. The van der Waals surface area contributed by atoms with Gasteiger partial charge in [-0.25, -0.2) is 0 Å². The van der Waals surface area contributed by atoms with E-state index >= 15 is 0 Å². The van der Waals surface area contributed by atoms with Crippen LogP contribution in [-0.4, -0.2) is 0 Å². The zero-order chi connectivity index (χ0) is 20.6. The average molecular weight is 585 g/mol. The van der Waals surface area contributed by atoms with Gasteiger partial charge in [0.25, 0.3) is 0 Å². The molecule has 3 aromatic rings. The third-order valence-corrected chi connectivity index (χ3v) is 1.72. The Hall–Kier alpha value is 4.23. The van der Waals surface area contributed by atoms with Crippen LogP contribution in [0.15, 0.2) is 43.2 Å². The van der Waals surface area contributed by atoms with Gasteiger partial charge in [-0.1, -0.05) is 0 Å². The van der Waals surface area contributed by atoms with Gasteiger partial charge in [0.05, 0.1) is 0 Å². The van der Waals surface area contributed by atoms with E-state index in [1.807, 2.05) is 0 Å². The molecule has 27 heteroatoms. The summed E-state index contributed by atoms with van der Waals surface area (Å²) in [6.07, 6.45) is 0. The predicted octanol–water partition coefficient (Wildman–Crippen LogP) is -37.0. The van der Waals surface area contributed by atoms with Crippen LogP contribution in [0.5, 0.6) is 0 Å². The summed E-state index contributed by atoms with van der Waals surface area (Å²) in [5.41, 5.74) is -9.75. The first-order valence-electron chi connectivity index (χ1n) is 5.86. The first kappa shape index (κ1) is 63.5. The van der Waals surface area contributed by atoms with Crippen LogP contribution < -0.4 is 362 Å². The summed E-state index contributed by atoms with van der Waals surface area (Å²) in [4.78, 5) is 115. The van der Waals surface area contributed by atoms with Gasteiger partial charge in [0.15, 0.2) is 0 Å². The summed E-state index contributed by atoms with van der Waals surface area (Å²) >= 11 is 0. The quantitative estimate of drug-likeness (QED) is 0.221. The van der Waals surface area contributed by atoms with E-state index < -0.39 is 51.2 Å². The second kappa shape index (κ2) is 35.4. The van der Waals surface area contributed by atoms with Gasteiger partial charge in [-0.2, -0.15) is 0 Å². The van der Waals surface area contributed by atoms with E-state index in [1.54, 1.807) is 0 Å². The summed E-state index contributed by atoms with van der Waals surface area (Å²) in [6.45, 7) is 0. The van der Waals surface area contributed by atoms with Crippen LogP contribution in [0.3, 0.4) is 0 Å². The molecule has 0 aliphatic carbocycles. The third kappa shape index (κ3) is 32.7. The second-order valence-electron chi connectivity index (χ2n) is 3.55. The standard InChI is InChI=1S/3C3H3N3O3.9Na/c3*7-1-4-2(8)6-3(9)5-1;;;;;;;;;/h3*(H3,4,5,6,7,8,9);;;;;;;;;/q;;;9*+1/p-9. The van der Waals surface area contributed by atoms with Crippen LogP contribution in [-0.2, 0) is 0 Å². The number of hydrogen-bond acceptors (Lipinski definition) is 9. The smallest absolute Gasteiger partial charge is 0.628 e. The van der Waals surface area contributed by atoms with Gasteiger partial charge in [0.2, 0.25) is 0 Å². The Morgan fingerprint density at radius 1 is 0.194 bits per heavy atom. The van der Waals surface area contributed by atoms with Crippen molar-refractivity contribution in [1.29, 1.82) is 0 Å². The Bertz CT molecular complexity index is 1030. The molecule has 36 heavy (non-hydrogen) atoms. The molecule has 0 amide bonds. The van der Waals surface area contributed by atoms with E-state index in [1.165, 1.54) is 0 Å². The number of aromatic nitrogens is 9. The van der Waals surface area contributed by atoms with Crippen molar-refractivity contribution in [2.24, 2.45) is 0 Å². The topological polar surface area (TPSA) is 281 Å².